The Balaban J connectivity index is 1.64. The Hall–Kier alpha value is -2.92. The Morgan fingerprint density at radius 3 is 2.54 bits per heavy atom. The van der Waals surface area contributed by atoms with E-state index >= 15 is 0 Å². The van der Waals surface area contributed by atoms with E-state index in [1.54, 1.807) is 23.5 Å². The van der Waals surface area contributed by atoms with E-state index in [-0.39, 0.29) is 6.42 Å². The molecule has 3 aromatic rings. The summed E-state index contributed by atoms with van der Waals surface area (Å²) in [6.45, 7) is 1.96. The first kappa shape index (κ1) is 17.9. The van der Waals surface area contributed by atoms with Gasteiger partial charge in [0.05, 0.1) is 10.7 Å². The molecule has 132 valence electrons. The van der Waals surface area contributed by atoms with Gasteiger partial charge in [0, 0.05) is 17.4 Å². The van der Waals surface area contributed by atoms with Crippen LogP contribution in [-0.4, -0.2) is 22.2 Å². The molecule has 0 spiro atoms. The lowest BCUT2D eigenvalue weighted by atomic mass is 10.1. The molecule has 0 saturated carbocycles. The number of rotatable bonds is 7. The fourth-order valence-electron chi connectivity index (χ4n) is 2.46. The Labute approximate surface area is 156 Å². The number of aryl methyl sites for hydroxylation is 1. The number of ether oxygens (including phenoxy) is 1. The minimum absolute atomic E-state index is 0.289. The number of carboxylic acids is 1. The van der Waals surface area contributed by atoms with E-state index in [0.717, 1.165) is 21.8 Å². The van der Waals surface area contributed by atoms with Crippen LogP contribution in [0.3, 0.4) is 0 Å². The molecule has 0 bridgehead atoms. The monoisotopic (exact) mass is 365 g/mol. The van der Waals surface area contributed by atoms with Crippen molar-refractivity contribution in [3.05, 3.63) is 76.6 Å². The van der Waals surface area contributed by atoms with Crippen molar-refractivity contribution in [3.8, 4) is 17.0 Å². The zero-order chi connectivity index (χ0) is 18.4. The average Bonchev–Trinajstić information content (AvgIpc) is 3.08. The summed E-state index contributed by atoms with van der Waals surface area (Å²) in [5, 5.41) is 12.4. The Morgan fingerprint density at radius 1 is 1.19 bits per heavy atom. The van der Waals surface area contributed by atoms with Crippen molar-refractivity contribution in [3.63, 3.8) is 0 Å². The lowest BCUT2D eigenvalue weighted by Crippen LogP contribution is -2.26. The van der Waals surface area contributed by atoms with Gasteiger partial charge in [-0.05, 0) is 36.8 Å². The molecule has 1 atom stereocenters. The van der Waals surface area contributed by atoms with Crippen LogP contribution in [0.15, 0.2) is 66.1 Å². The molecule has 3 rings (SSSR count). The second kappa shape index (κ2) is 8.45. The molecule has 0 radical (unpaired) electrons. The predicted molar refractivity (Wildman–Crippen MR) is 104 cm³/mol. The summed E-state index contributed by atoms with van der Waals surface area (Å²) in [4.78, 5) is 15.9. The second-order valence-electron chi connectivity index (χ2n) is 5.77. The largest absolute Gasteiger partial charge is 0.478 e. The summed E-state index contributed by atoms with van der Waals surface area (Å²) in [5.41, 5.74) is 2.93. The highest BCUT2D eigenvalue weighted by Crippen LogP contribution is 2.24. The number of hydrogen-bond acceptors (Lipinski definition) is 4. The van der Waals surface area contributed by atoms with Gasteiger partial charge in [-0.1, -0.05) is 42.5 Å². The topological polar surface area (TPSA) is 59.4 Å². The van der Waals surface area contributed by atoms with Crippen LogP contribution in [0.25, 0.3) is 17.3 Å². The van der Waals surface area contributed by atoms with Crippen molar-refractivity contribution < 1.29 is 14.6 Å². The molecule has 2 aromatic carbocycles. The highest BCUT2D eigenvalue weighted by Gasteiger charge is 2.17. The number of thiazole rings is 1. The molecule has 1 aromatic heterocycles. The van der Waals surface area contributed by atoms with Gasteiger partial charge in [-0.15, -0.1) is 11.3 Å². The van der Waals surface area contributed by atoms with Crippen LogP contribution in [0.4, 0.5) is 0 Å². The van der Waals surface area contributed by atoms with Crippen LogP contribution in [0.5, 0.6) is 5.75 Å². The molecule has 0 aliphatic carbocycles. The van der Waals surface area contributed by atoms with Gasteiger partial charge in [0.2, 0.25) is 0 Å². The van der Waals surface area contributed by atoms with Crippen molar-refractivity contribution in [1.29, 1.82) is 0 Å². The Kier molecular flexibility index (Phi) is 5.81. The summed E-state index contributed by atoms with van der Waals surface area (Å²) in [7, 11) is 0. The fourth-order valence-corrected chi connectivity index (χ4v) is 3.08. The van der Waals surface area contributed by atoms with E-state index in [9.17, 15) is 9.90 Å². The molecule has 5 heteroatoms. The van der Waals surface area contributed by atoms with E-state index < -0.39 is 12.1 Å². The number of hydrogen-bond donors (Lipinski definition) is 1. The van der Waals surface area contributed by atoms with Gasteiger partial charge in [0.1, 0.15) is 5.75 Å². The van der Waals surface area contributed by atoms with Gasteiger partial charge in [-0.3, -0.25) is 0 Å². The van der Waals surface area contributed by atoms with Crippen molar-refractivity contribution in [2.75, 3.05) is 0 Å². The SMILES string of the molecule is Cc1nc(-c2ccc(O[C@@H](CC=Cc3ccccc3)C(=O)O)cc2)cs1. The van der Waals surface area contributed by atoms with Crippen LogP contribution in [0, 0.1) is 6.92 Å². The summed E-state index contributed by atoms with van der Waals surface area (Å²) in [6.07, 6.45) is 3.08. The first-order valence-corrected chi connectivity index (χ1v) is 9.13. The molecular weight excluding hydrogens is 346 g/mol. The quantitative estimate of drug-likeness (QED) is 0.636. The van der Waals surface area contributed by atoms with Crippen LogP contribution in [0.1, 0.15) is 17.0 Å². The zero-order valence-electron chi connectivity index (χ0n) is 14.3. The van der Waals surface area contributed by atoms with Crippen LogP contribution >= 0.6 is 11.3 Å². The standard InChI is InChI=1S/C21H19NO3S/c1-15-22-19(14-26-15)17-10-12-18(13-11-17)25-20(21(23)24)9-5-8-16-6-3-2-4-7-16/h2-8,10-14,20H,9H2,1H3,(H,23,24)/t20-/m0/s1. The molecule has 0 aliphatic rings. The van der Waals surface area contributed by atoms with Gasteiger partial charge < -0.3 is 9.84 Å². The molecule has 0 unspecified atom stereocenters. The smallest absolute Gasteiger partial charge is 0.345 e. The van der Waals surface area contributed by atoms with Crippen molar-refractivity contribution in [2.45, 2.75) is 19.4 Å². The molecule has 1 heterocycles. The molecule has 0 aliphatic heterocycles. The molecule has 1 N–H and O–H groups in total. The van der Waals surface area contributed by atoms with Crippen LogP contribution in [-0.2, 0) is 4.79 Å². The third kappa shape index (κ3) is 4.80. The minimum atomic E-state index is -0.984. The van der Waals surface area contributed by atoms with E-state index in [2.05, 4.69) is 4.98 Å². The van der Waals surface area contributed by atoms with Crippen LogP contribution < -0.4 is 4.74 Å². The number of aromatic nitrogens is 1. The number of nitrogens with zero attached hydrogens (tertiary/aromatic N) is 1. The maximum absolute atomic E-state index is 11.5. The van der Waals surface area contributed by atoms with Crippen LogP contribution in [0.2, 0.25) is 0 Å². The first-order chi connectivity index (χ1) is 12.6. The summed E-state index contributed by atoms with van der Waals surface area (Å²) < 4.78 is 5.64. The molecule has 0 amide bonds. The third-order valence-corrected chi connectivity index (χ3v) is 4.56. The average molecular weight is 365 g/mol. The number of carbonyl (C=O) groups is 1. The van der Waals surface area contributed by atoms with Gasteiger partial charge >= 0.3 is 5.97 Å². The maximum Gasteiger partial charge on any atom is 0.345 e. The van der Waals surface area contributed by atoms with Gasteiger partial charge in [0.15, 0.2) is 6.10 Å². The van der Waals surface area contributed by atoms with E-state index in [1.807, 2.05) is 66.9 Å². The third-order valence-electron chi connectivity index (χ3n) is 3.78. The Morgan fingerprint density at radius 2 is 1.92 bits per heavy atom. The van der Waals surface area contributed by atoms with Gasteiger partial charge in [-0.25, -0.2) is 9.78 Å². The molecule has 4 nitrogen and oxygen atoms in total. The van der Waals surface area contributed by atoms with E-state index in [1.165, 1.54) is 0 Å². The molecule has 26 heavy (non-hydrogen) atoms. The summed E-state index contributed by atoms with van der Waals surface area (Å²) in [6, 6.07) is 17.1. The van der Waals surface area contributed by atoms with E-state index in [0.29, 0.717) is 5.75 Å². The summed E-state index contributed by atoms with van der Waals surface area (Å²) in [5.74, 6) is -0.455. The summed E-state index contributed by atoms with van der Waals surface area (Å²) >= 11 is 1.60. The first-order valence-electron chi connectivity index (χ1n) is 8.25. The van der Waals surface area contributed by atoms with Gasteiger partial charge in [0.25, 0.3) is 0 Å². The normalized spacial score (nSPS) is 12.2. The van der Waals surface area contributed by atoms with Crippen molar-refractivity contribution in [2.24, 2.45) is 0 Å². The predicted octanol–water partition coefficient (Wildman–Crippen LogP) is 5.05. The van der Waals surface area contributed by atoms with Crippen molar-refractivity contribution in [1.82, 2.24) is 4.98 Å². The number of aliphatic carboxylic acids is 1. The zero-order valence-corrected chi connectivity index (χ0v) is 15.1. The lowest BCUT2D eigenvalue weighted by Gasteiger charge is -2.13. The van der Waals surface area contributed by atoms with Gasteiger partial charge in [-0.2, -0.15) is 0 Å². The second-order valence-corrected chi connectivity index (χ2v) is 6.83. The molecule has 0 fully saturated rings. The Bertz CT molecular complexity index is 885. The number of carboxylic acid groups (broad SMARTS) is 1. The van der Waals surface area contributed by atoms with Crippen molar-refractivity contribution >= 4 is 23.4 Å². The fraction of sp³-hybridized carbons (Fsp3) is 0.143. The minimum Gasteiger partial charge on any atom is -0.478 e. The number of benzene rings is 2. The highest BCUT2D eigenvalue weighted by molar-refractivity contribution is 7.09. The lowest BCUT2D eigenvalue weighted by molar-refractivity contribution is -0.144. The molecular formula is C21H19NO3S. The van der Waals surface area contributed by atoms with E-state index in [4.69, 9.17) is 4.74 Å². The highest BCUT2D eigenvalue weighted by atomic mass is 32.1. The maximum atomic E-state index is 11.5. The molecule has 0 saturated heterocycles.